The molecule has 4 rings (SSSR count). The minimum atomic E-state index is -0.563. The molecule has 0 radical (unpaired) electrons. The summed E-state index contributed by atoms with van der Waals surface area (Å²) in [7, 11) is 4.40. The summed E-state index contributed by atoms with van der Waals surface area (Å²) < 4.78 is 22.1. The van der Waals surface area contributed by atoms with Crippen LogP contribution in [0.5, 0.6) is 23.0 Å². The Hall–Kier alpha value is -5.42. The number of ether oxygens (including phenoxy) is 4. The van der Waals surface area contributed by atoms with Crippen LogP contribution in [0, 0.1) is 0 Å². The van der Waals surface area contributed by atoms with Gasteiger partial charge in [0.05, 0.1) is 27.5 Å². The predicted octanol–water partition coefficient (Wildman–Crippen LogP) is 6.11. The summed E-state index contributed by atoms with van der Waals surface area (Å²) in [6.45, 7) is 0. The van der Waals surface area contributed by atoms with Crippen LogP contribution in [0.1, 0.15) is 31.8 Å². The molecule has 0 aliphatic carbocycles. The topological polar surface area (TPSA) is 125 Å². The average molecular weight is 659 g/mol. The van der Waals surface area contributed by atoms with Crippen LogP contribution in [0.25, 0.3) is 6.08 Å². The minimum Gasteiger partial charge on any atom is -0.493 e. The van der Waals surface area contributed by atoms with Crippen LogP contribution >= 0.6 is 15.9 Å². The molecule has 0 aliphatic rings. The Morgan fingerprint density at radius 3 is 2.07 bits per heavy atom. The van der Waals surface area contributed by atoms with Crippen molar-refractivity contribution in [2.24, 2.45) is 5.10 Å². The molecular formula is C33H28BrN3O7. The Bertz CT molecular complexity index is 1680. The van der Waals surface area contributed by atoms with Crippen molar-refractivity contribution in [1.82, 2.24) is 5.43 Å². The number of carbonyl (C=O) groups is 3. The van der Waals surface area contributed by atoms with Gasteiger partial charge in [0.15, 0.2) is 11.5 Å². The fourth-order valence-electron chi connectivity index (χ4n) is 3.93. The molecule has 11 heteroatoms. The van der Waals surface area contributed by atoms with Gasteiger partial charge in [-0.25, -0.2) is 10.2 Å². The molecular weight excluding hydrogens is 630 g/mol. The van der Waals surface area contributed by atoms with Gasteiger partial charge in [-0.1, -0.05) is 46.3 Å². The SMILES string of the molecule is COc1cc(C(=O)Nc2ccc(C(=O)N/N=C\c3cc(Br)ccc3OC(=O)/C=C/c3ccccc3)cc2)cc(OC)c1OC. The molecule has 0 aliphatic heterocycles. The maximum atomic E-state index is 12.9. The first-order valence-corrected chi connectivity index (χ1v) is 13.9. The first-order chi connectivity index (χ1) is 21.3. The van der Waals surface area contributed by atoms with Crippen LogP contribution < -0.4 is 29.7 Å². The zero-order valence-electron chi connectivity index (χ0n) is 24.0. The van der Waals surface area contributed by atoms with Crippen LogP contribution in [0.2, 0.25) is 0 Å². The second-order valence-corrected chi connectivity index (χ2v) is 9.91. The molecule has 44 heavy (non-hydrogen) atoms. The second-order valence-electron chi connectivity index (χ2n) is 8.99. The van der Waals surface area contributed by atoms with E-state index in [1.54, 1.807) is 48.5 Å². The van der Waals surface area contributed by atoms with Gasteiger partial charge in [-0.3, -0.25) is 9.59 Å². The van der Waals surface area contributed by atoms with Gasteiger partial charge in [0.1, 0.15) is 5.75 Å². The number of carbonyl (C=O) groups excluding carboxylic acids is 3. The number of benzene rings is 4. The summed E-state index contributed by atoms with van der Waals surface area (Å²) >= 11 is 3.39. The molecule has 0 spiro atoms. The first kappa shape index (κ1) is 31.5. The highest BCUT2D eigenvalue weighted by Gasteiger charge is 2.17. The van der Waals surface area contributed by atoms with Crippen molar-refractivity contribution >= 4 is 51.7 Å². The fourth-order valence-corrected chi connectivity index (χ4v) is 4.31. The van der Waals surface area contributed by atoms with Crippen molar-refractivity contribution in [2.45, 2.75) is 0 Å². The maximum Gasteiger partial charge on any atom is 0.336 e. The average Bonchev–Trinajstić information content (AvgIpc) is 3.04. The van der Waals surface area contributed by atoms with Gasteiger partial charge in [0, 0.05) is 32.9 Å². The molecule has 0 aromatic heterocycles. The van der Waals surface area contributed by atoms with E-state index in [4.69, 9.17) is 18.9 Å². The Balaban J connectivity index is 1.38. The van der Waals surface area contributed by atoms with E-state index >= 15 is 0 Å². The summed E-state index contributed by atoms with van der Waals surface area (Å²) in [6.07, 6.45) is 4.36. The summed E-state index contributed by atoms with van der Waals surface area (Å²) in [5, 5.41) is 6.79. The number of hydrazone groups is 1. The van der Waals surface area contributed by atoms with Gasteiger partial charge in [0.25, 0.3) is 11.8 Å². The molecule has 0 saturated carbocycles. The molecule has 2 amide bonds. The summed E-state index contributed by atoms with van der Waals surface area (Å²) in [6, 6.07) is 23.7. The van der Waals surface area contributed by atoms with Gasteiger partial charge < -0.3 is 24.3 Å². The third kappa shape index (κ3) is 8.33. The van der Waals surface area contributed by atoms with E-state index in [-0.39, 0.29) is 5.75 Å². The number of nitrogens with one attached hydrogen (secondary N) is 2. The zero-order chi connectivity index (χ0) is 31.5. The molecule has 0 atom stereocenters. The van der Waals surface area contributed by atoms with Crippen molar-refractivity contribution in [1.29, 1.82) is 0 Å². The monoisotopic (exact) mass is 657 g/mol. The smallest absolute Gasteiger partial charge is 0.336 e. The number of halogens is 1. The third-order valence-corrected chi connectivity index (χ3v) is 6.59. The first-order valence-electron chi connectivity index (χ1n) is 13.1. The van der Waals surface area contributed by atoms with Crippen LogP contribution in [-0.2, 0) is 4.79 Å². The molecule has 10 nitrogen and oxygen atoms in total. The molecule has 2 N–H and O–H groups in total. The number of amides is 2. The van der Waals surface area contributed by atoms with Crippen molar-refractivity contribution in [3.8, 4) is 23.0 Å². The van der Waals surface area contributed by atoms with Gasteiger partial charge in [0.2, 0.25) is 5.75 Å². The number of hydrogen-bond acceptors (Lipinski definition) is 8. The lowest BCUT2D eigenvalue weighted by atomic mass is 10.1. The molecule has 0 saturated heterocycles. The number of methoxy groups -OCH3 is 3. The second kappa shape index (κ2) is 15.2. The van der Waals surface area contributed by atoms with E-state index in [1.807, 2.05) is 30.3 Å². The maximum absolute atomic E-state index is 12.9. The summed E-state index contributed by atoms with van der Waals surface area (Å²) in [5.41, 5.74) is 4.84. The largest absolute Gasteiger partial charge is 0.493 e. The number of nitrogens with zero attached hydrogens (tertiary/aromatic N) is 1. The minimum absolute atomic E-state index is 0.265. The van der Waals surface area contributed by atoms with Gasteiger partial charge in [-0.15, -0.1) is 0 Å². The standard InChI is InChI=1S/C33H28BrN3O7/c1-41-28-18-23(19-29(42-2)31(28)43-3)32(39)36-26-13-10-22(11-14-26)33(40)37-35-20-24-17-25(34)12-15-27(24)44-30(38)16-9-21-7-5-4-6-8-21/h4-20H,1-3H3,(H,36,39)(H,37,40)/b16-9+,35-20-. The lowest BCUT2D eigenvalue weighted by molar-refractivity contribution is -0.128. The van der Waals surface area contributed by atoms with Crippen molar-refractivity contribution in [3.63, 3.8) is 0 Å². The van der Waals surface area contributed by atoms with E-state index in [9.17, 15) is 14.4 Å². The van der Waals surface area contributed by atoms with E-state index in [1.165, 1.54) is 45.8 Å². The highest BCUT2D eigenvalue weighted by atomic mass is 79.9. The highest BCUT2D eigenvalue weighted by Crippen LogP contribution is 2.38. The van der Waals surface area contributed by atoms with Crippen LogP contribution in [0.3, 0.4) is 0 Å². The summed E-state index contributed by atoms with van der Waals surface area (Å²) in [4.78, 5) is 37.9. The molecule has 0 fully saturated rings. The van der Waals surface area contributed by atoms with Crippen molar-refractivity contribution < 1.29 is 33.3 Å². The van der Waals surface area contributed by atoms with Gasteiger partial charge in [-0.2, -0.15) is 5.10 Å². The van der Waals surface area contributed by atoms with E-state index in [2.05, 4.69) is 31.8 Å². The van der Waals surface area contributed by atoms with Crippen LogP contribution in [-0.4, -0.2) is 45.3 Å². The number of rotatable bonds is 11. The predicted molar refractivity (Wildman–Crippen MR) is 171 cm³/mol. The lowest BCUT2D eigenvalue weighted by Crippen LogP contribution is -2.18. The third-order valence-electron chi connectivity index (χ3n) is 6.10. The Labute approximate surface area is 262 Å². The van der Waals surface area contributed by atoms with Gasteiger partial charge >= 0.3 is 5.97 Å². The van der Waals surface area contributed by atoms with Crippen LogP contribution in [0.15, 0.2) is 101 Å². The number of esters is 1. The number of anilines is 1. The normalized spacial score (nSPS) is 10.8. The Morgan fingerprint density at radius 2 is 1.43 bits per heavy atom. The molecule has 0 unspecified atom stereocenters. The summed E-state index contributed by atoms with van der Waals surface area (Å²) in [5.74, 6) is -0.128. The quantitative estimate of drug-likeness (QED) is 0.0655. The zero-order valence-corrected chi connectivity index (χ0v) is 25.6. The Kier molecular flexibility index (Phi) is 10.9. The van der Waals surface area contributed by atoms with Crippen molar-refractivity contribution in [3.05, 3.63) is 118 Å². The highest BCUT2D eigenvalue weighted by molar-refractivity contribution is 9.10. The van der Waals surface area contributed by atoms with Gasteiger partial charge in [-0.05, 0) is 66.2 Å². The fraction of sp³-hybridized carbons (Fsp3) is 0.0909. The molecule has 0 bridgehead atoms. The lowest BCUT2D eigenvalue weighted by Gasteiger charge is -2.14. The van der Waals surface area contributed by atoms with Crippen molar-refractivity contribution in [2.75, 3.05) is 26.6 Å². The molecule has 4 aromatic carbocycles. The molecule has 0 heterocycles. The van der Waals surface area contributed by atoms with Crippen LogP contribution in [0.4, 0.5) is 5.69 Å². The number of hydrogen-bond donors (Lipinski definition) is 2. The van der Waals surface area contributed by atoms with E-state index in [0.717, 1.165) is 10.0 Å². The Morgan fingerprint density at radius 1 is 0.750 bits per heavy atom. The molecule has 4 aromatic rings. The van der Waals surface area contributed by atoms with E-state index < -0.39 is 17.8 Å². The van der Waals surface area contributed by atoms with E-state index in [0.29, 0.717) is 39.6 Å². The molecule has 224 valence electrons.